The fourth-order valence-corrected chi connectivity index (χ4v) is 3.13. The first-order chi connectivity index (χ1) is 8.06. The summed E-state index contributed by atoms with van der Waals surface area (Å²) in [7, 11) is 1.84. The van der Waals surface area contributed by atoms with Crippen molar-refractivity contribution in [3.8, 4) is 0 Å². The van der Waals surface area contributed by atoms with Gasteiger partial charge in [0.15, 0.2) is 0 Å². The smallest absolute Gasteiger partial charge is 0.242 e. The molecule has 1 amide bonds. The zero-order chi connectivity index (χ0) is 12.5. The van der Waals surface area contributed by atoms with E-state index in [1.807, 2.05) is 25.8 Å². The lowest BCUT2D eigenvalue weighted by molar-refractivity contribution is -0.137. The van der Waals surface area contributed by atoms with Crippen LogP contribution in [0.1, 0.15) is 37.6 Å². The number of thiophene rings is 1. The Kier molecular flexibility index (Phi) is 3.54. The van der Waals surface area contributed by atoms with Crippen molar-refractivity contribution < 1.29 is 4.79 Å². The second-order valence-corrected chi connectivity index (χ2v) is 6.03. The van der Waals surface area contributed by atoms with Crippen LogP contribution in [-0.2, 0) is 4.79 Å². The van der Waals surface area contributed by atoms with Crippen molar-refractivity contribution in [1.29, 1.82) is 0 Å². The van der Waals surface area contributed by atoms with Crippen LogP contribution in [0, 0.1) is 0 Å². The number of nitrogens with zero attached hydrogens (tertiary/aromatic N) is 1. The molecule has 17 heavy (non-hydrogen) atoms. The molecule has 3 nitrogen and oxygen atoms in total. The second kappa shape index (κ2) is 4.78. The fourth-order valence-electron chi connectivity index (χ4n) is 2.25. The number of carbonyl (C=O) groups excluding carboxylic acids is 1. The third-order valence-corrected chi connectivity index (χ3v) is 4.52. The highest BCUT2D eigenvalue weighted by Gasteiger charge is 2.37. The Balaban J connectivity index is 2.18. The molecule has 0 radical (unpaired) electrons. The Labute approximate surface area is 107 Å². The third-order valence-electron chi connectivity index (χ3n) is 3.54. The van der Waals surface area contributed by atoms with Gasteiger partial charge in [0.25, 0.3) is 0 Å². The molecule has 94 valence electrons. The van der Waals surface area contributed by atoms with Gasteiger partial charge in [-0.15, -0.1) is 11.3 Å². The van der Waals surface area contributed by atoms with Gasteiger partial charge in [0.05, 0.1) is 11.6 Å². The van der Waals surface area contributed by atoms with Crippen molar-refractivity contribution in [1.82, 2.24) is 10.2 Å². The Morgan fingerprint density at radius 1 is 1.59 bits per heavy atom. The van der Waals surface area contributed by atoms with Gasteiger partial charge in [-0.3, -0.25) is 4.79 Å². The minimum Gasteiger partial charge on any atom is -0.333 e. The SMILES string of the molecule is CNC(C)(C)C(=O)N1CCCC1c1cccs1. The summed E-state index contributed by atoms with van der Waals surface area (Å²) in [6.45, 7) is 4.77. The van der Waals surface area contributed by atoms with E-state index in [9.17, 15) is 4.79 Å². The molecule has 2 heterocycles. The van der Waals surface area contributed by atoms with E-state index in [4.69, 9.17) is 0 Å². The summed E-state index contributed by atoms with van der Waals surface area (Å²) in [4.78, 5) is 15.8. The molecule has 0 bridgehead atoms. The lowest BCUT2D eigenvalue weighted by atomic mass is 10.0. The number of nitrogens with one attached hydrogen (secondary N) is 1. The molecule has 0 aliphatic carbocycles. The quantitative estimate of drug-likeness (QED) is 0.896. The van der Waals surface area contributed by atoms with Crippen molar-refractivity contribution in [2.24, 2.45) is 0 Å². The maximum absolute atomic E-state index is 12.5. The number of hydrogen-bond donors (Lipinski definition) is 1. The molecule has 0 saturated carbocycles. The molecule has 2 rings (SSSR count). The standard InChI is InChI=1S/C13H20N2OS/c1-13(2,14-3)12(16)15-8-4-6-10(15)11-7-5-9-17-11/h5,7,9-10,14H,4,6,8H2,1-3H3. The van der Waals surface area contributed by atoms with Crippen LogP contribution in [-0.4, -0.2) is 29.9 Å². The maximum atomic E-state index is 12.5. The van der Waals surface area contributed by atoms with Gasteiger partial charge < -0.3 is 10.2 Å². The van der Waals surface area contributed by atoms with Crippen molar-refractivity contribution >= 4 is 17.2 Å². The van der Waals surface area contributed by atoms with E-state index in [1.54, 1.807) is 11.3 Å². The van der Waals surface area contributed by atoms with Crippen LogP contribution in [0.4, 0.5) is 0 Å². The van der Waals surface area contributed by atoms with E-state index in [2.05, 4.69) is 22.8 Å². The molecular weight excluding hydrogens is 232 g/mol. The fraction of sp³-hybridized carbons (Fsp3) is 0.615. The maximum Gasteiger partial charge on any atom is 0.242 e. The van der Waals surface area contributed by atoms with E-state index in [1.165, 1.54) is 4.88 Å². The van der Waals surface area contributed by atoms with Crippen molar-refractivity contribution in [3.05, 3.63) is 22.4 Å². The van der Waals surface area contributed by atoms with Crippen LogP contribution in [0.2, 0.25) is 0 Å². The second-order valence-electron chi connectivity index (χ2n) is 5.05. The summed E-state index contributed by atoms with van der Waals surface area (Å²) < 4.78 is 0. The Morgan fingerprint density at radius 2 is 2.35 bits per heavy atom. The summed E-state index contributed by atoms with van der Waals surface area (Å²) >= 11 is 1.75. The van der Waals surface area contributed by atoms with Gasteiger partial charge in [-0.1, -0.05) is 6.07 Å². The number of hydrogen-bond acceptors (Lipinski definition) is 3. The number of likely N-dealkylation sites (tertiary alicyclic amines) is 1. The molecule has 1 saturated heterocycles. The topological polar surface area (TPSA) is 32.3 Å². The summed E-state index contributed by atoms with van der Waals surface area (Å²) in [6, 6.07) is 4.48. The molecule has 0 spiro atoms. The highest BCUT2D eigenvalue weighted by atomic mass is 32.1. The first-order valence-corrected chi connectivity index (χ1v) is 6.97. The minimum absolute atomic E-state index is 0.205. The molecule has 1 unspecified atom stereocenters. The van der Waals surface area contributed by atoms with Crippen molar-refractivity contribution in [2.75, 3.05) is 13.6 Å². The van der Waals surface area contributed by atoms with Gasteiger partial charge in [0, 0.05) is 11.4 Å². The zero-order valence-electron chi connectivity index (χ0n) is 10.7. The van der Waals surface area contributed by atoms with E-state index in [0.29, 0.717) is 0 Å². The first kappa shape index (κ1) is 12.6. The molecule has 4 heteroatoms. The molecule has 1 aliphatic rings. The summed E-state index contributed by atoms with van der Waals surface area (Å²) in [5.41, 5.74) is -0.472. The predicted octanol–water partition coefficient (Wildman–Crippen LogP) is 2.41. The van der Waals surface area contributed by atoms with Crippen LogP contribution in [0.15, 0.2) is 17.5 Å². The Bertz CT molecular complexity index is 386. The third kappa shape index (κ3) is 2.38. The molecule has 1 N–H and O–H groups in total. The van der Waals surface area contributed by atoms with Crippen LogP contribution in [0.3, 0.4) is 0 Å². The van der Waals surface area contributed by atoms with Crippen LogP contribution in [0.25, 0.3) is 0 Å². The van der Waals surface area contributed by atoms with Gasteiger partial charge in [-0.25, -0.2) is 0 Å². The van der Waals surface area contributed by atoms with Crippen molar-refractivity contribution in [2.45, 2.75) is 38.3 Å². The molecular formula is C13H20N2OS. The number of carbonyl (C=O) groups is 1. The Morgan fingerprint density at radius 3 is 2.94 bits per heavy atom. The van der Waals surface area contributed by atoms with E-state index in [0.717, 1.165) is 19.4 Å². The predicted molar refractivity (Wildman–Crippen MR) is 71.1 cm³/mol. The van der Waals surface area contributed by atoms with Crippen LogP contribution >= 0.6 is 11.3 Å². The van der Waals surface area contributed by atoms with Gasteiger partial charge >= 0.3 is 0 Å². The molecule has 1 atom stereocenters. The lowest BCUT2D eigenvalue weighted by Crippen LogP contribution is -2.52. The average Bonchev–Trinajstić information content (AvgIpc) is 2.97. The normalized spacial score (nSPS) is 20.9. The highest BCUT2D eigenvalue weighted by molar-refractivity contribution is 7.10. The minimum atomic E-state index is -0.472. The molecule has 0 aromatic carbocycles. The molecule has 1 aromatic rings. The van der Waals surface area contributed by atoms with Gasteiger partial charge in [-0.05, 0) is 45.2 Å². The largest absolute Gasteiger partial charge is 0.333 e. The lowest BCUT2D eigenvalue weighted by Gasteiger charge is -2.32. The van der Waals surface area contributed by atoms with Crippen LogP contribution < -0.4 is 5.32 Å². The van der Waals surface area contributed by atoms with E-state index >= 15 is 0 Å². The summed E-state index contributed by atoms with van der Waals surface area (Å²) in [6.07, 6.45) is 2.19. The van der Waals surface area contributed by atoms with Gasteiger partial charge in [-0.2, -0.15) is 0 Å². The van der Waals surface area contributed by atoms with Gasteiger partial charge in [0.2, 0.25) is 5.91 Å². The summed E-state index contributed by atoms with van der Waals surface area (Å²) in [5, 5.41) is 5.18. The van der Waals surface area contributed by atoms with Gasteiger partial charge in [0.1, 0.15) is 0 Å². The molecule has 1 fully saturated rings. The number of likely N-dealkylation sites (N-methyl/N-ethyl adjacent to an activating group) is 1. The first-order valence-electron chi connectivity index (χ1n) is 6.09. The molecule has 1 aromatic heterocycles. The number of rotatable bonds is 3. The van der Waals surface area contributed by atoms with Crippen LogP contribution in [0.5, 0.6) is 0 Å². The van der Waals surface area contributed by atoms with E-state index < -0.39 is 5.54 Å². The monoisotopic (exact) mass is 252 g/mol. The Hall–Kier alpha value is -0.870. The van der Waals surface area contributed by atoms with Crippen molar-refractivity contribution in [3.63, 3.8) is 0 Å². The average molecular weight is 252 g/mol. The zero-order valence-corrected chi connectivity index (χ0v) is 11.5. The molecule has 1 aliphatic heterocycles. The highest BCUT2D eigenvalue weighted by Crippen LogP contribution is 2.35. The summed E-state index contributed by atoms with van der Waals surface area (Å²) in [5.74, 6) is 0.205. The van der Waals surface area contributed by atoms with E-state index in [-0.39, 0.29) is 11.9 Å². The number of amides is 1.